The molecular weight excluding hydrogens is 406 g/mol. The lowest BCUT2D eigenvalue weighted by atomic mass is 10.1. The molecule has 9 nitrogen and oxygen atoms in total. The minimum absolute atomic E-state index is 0.0534. The average Bonchev–Trinajstić information content (AvgIpc) is 2.71. The van der Waals surface area contributed by atoms with Crippen molar-refractivity contribution in [2.24, 2.45) is 5.10 Å². The molecule has 1 heterocycles. The number of hydrazone groups is 1. The Hall–Kier alpha value is -3.79. The zero-order valence-electron chi connectivity index (χ0n) is 16.2. The van der Waals surface area contributed by atoms with Crippen LogP contribution in [0.1, 0.15) is 16.8 Å². The van der Waals surface area contributed by atoms with Gasteiger partial charge in [-0.25, -0.2) is 8.42 Å². The molecule has 0 bridgehead atoms. The molecule has 3 rings (SSSR count). The second kappa shape index (κ2) is 8.70. The van der Waals surface area contributed by atoms with Crippen molar-refractivity contribution in [2.45, 2.75) is 18.7 Å². The van der Waals surface area contributed by atoms with Gasteiger partial charge in [-0.2, -0.15) is 5.10 Å². The van der Waals surface area contributed by atoms with Gasteiger partial charge in [0.25, 0.3) is 15.7 Å². The first-order valence-corrected chi connectivity index (χ1v) is 10.3. The number of rotatable bonds is 7. The van der Waals surface area contributed by atoms with Crippen LogP contribution in [0, 0.1) is 24.0 Å². The quantitative estimate of drug-likeness (QED) is 0.336. The van der Waals surface area contributed by atoms with Crippen LogP contribution in [0.2, 0.25) is 0 Å². The Morgan fingerprint density at radius 1 is 1.07 bits per heavy atom. The molecular formula is C20H19N5O4S. The topological polar surface area (TPSA) is 127 Å². The number of aryl methyl sites for hydroxylation is 2. The van der Waals surface area contributed by atoms with E-state index in [0.717, 1.165) is 17.2 Å². The molecule has 2 N–H and O–H groups in total. The lowest BCUT2D eigenvalue weighted by Gasteiger charge is -2.12. The highest BCUT2D eigenvalue weighted by molar-refractivity contribution is 7.92. The Balaban J connectivity index is 1.86. The van der Waals surface area contributed by atoms with E-state index in [-0.39, 0.29) is 10.6 Å². The Morgan fingerprint density at radius 3 is 2.50 bits per heavy atom. The van der Waals surface area contributed by atoms with E-state index in [1.54, 1.807) is 43.5 Å². The maximum Gasteiger partial charge on any atom is 0.295 e. The fourth-order valence-electron chi connectivity index (χ4n) is 2.68. The third kappa shape index (κ3) is 4.97. The molecule has 0 atom stereocenters. The number of hydrogen-bond donors (Lipinski definition) is 2. The molecule has 3 aromatic rings. The van der Waals surface area contributed by atoms with Gasteiger partial charge in [-0.15, -0.1) is 0 Å². The molecule has 0 spiro atoms. The number of aromatic nitrogens is 1. The van der Waals surface area contributed by atoms with Gasteiger partial charge in [-0.1, -0.05) is 23.8 Å². The number of hydrogen-bond acceptors (Lipinski definition) is 7. The predicted octanol–water partition coefficient (Wildman–Crippen LogP) is 3.85. The van der Waals surface area contributed by atoms with E-state index in [1.807, 2.05) is 13.0 Å². The largest absolute Gasteiger partial charge is 0.295 e. The van der Waals surface area contributed by atoms with Crippen LogP contribution in [0.4, 0.5) is 17.1 Å². The Morgan fingerprint density at radius 2 is 1.83 bits per heavy atom. The van der Waals surface area contributed by atoms with Crippen LogP contribution >= 0.6 is 0 Å². The molecule has 0 aliphatic heterocycles. The van der Waals surface area contributed by atoms with E-state index in [9.17, 15) is 18.5 Å². The van der Waals surface area contributed by atoms with E-state index in [0.29, 0.717) is 11.4 Å². The number of sulfonamides is 1. The molecule has 154 valence electrons. The summed E-state index contributed by atoms with van der Waals surface area (Å²) in [6.45, 7) is 3.68. The molecule has 0 unspecified atom stereocenters. The lowest BCUT2D eigenvalue weighted by molar-refractivity contribution is -0.384. The fraction of sp³-hybridized carbons (Fsp3) is 0.100. The summed E-state index contributed by atoms with van der Waals surface area (Å²) in [5.41, 5.74) is 4.90. The van der Waals surface area contributed by atoms with Crippen molar-refractivity contribution in [2.75, 3.05) is 10.1 Å². The molecule has 0 fully saturated rings. The van der Waals surface area contributed by atoms with Gasteiger partial charge in [0.15, 0.2) is 0 Å². The van der Waals surface area contributed by atoms with Crippen molar-refractivity contribution < 1.29 is 13.3 Å². The van der Waals surface area contributed by atoms with Gasteiger partial charge in [0.2, 0.25) is 0 Å². The van der Waals surface area contributed by atoms with Crippen LogP contribution in [-0.4, -0.2) is 24.5 Å². The van der Waals surface area contributed by atoms with Gasteiger partial charge in [0.05, 0.1) is 27.4 Å². The summed E-state index contributed by atoms with van der Waals surface area (Å²) in [5.74, 6) is 0. The van der Waals surface area contributed by atoms with Gasteiger partial charge >= 0.3 is 0 Å². The average molecular weight is 425 g/mol. The van der Waals surface area contributed by atoms with Crippen molar-refractivity contribution in [3.8, 4) is 0 Å². The molecule has 0 radical (unpaired) electrons. The summed E-state index contributed by atoms with van der Waals surface area (Å²) in [6.07, 6.45) is 2.99. The van der Waals surface area contributed by atoms with E-state index in [4.69, 9.17) is 0 Å². The summed E-state index contributed by atoms with van der Waals surface area (Å²) in [7, 11) is -4.02. The highest BCUT2D eigenvalue weighted by Gasteiger charge is 2.22. The van der Waals surface area contributed by atoms with E-state index >= 15 is 0 Å². The number of pyridine rings is 1. The smallest absolute Gasteiger partial charge is 0.279 e. The minimum Gasteiger partial charge on any atom is -0.279 e. The van der Waals surface area contributed by atoms with Crippen LogP contribution in [0.15, 0.2) is 70.8 Å². The number of nitro groups is 1. The first kappa shape index (κ1) is 20.9. The standard InChI is InChI=1S/C20H19N5O4S/c1-14-6-8-18(15(2)11-14)24-30(28,29)17-7-9-19(20(12-17)25(26)27)23-22-13-16-5-3-4-10-21-16/h3-13,23-24H,1-2H3. The normalized spacial score (nSPS) is 11.4. The van der Waals surface area contributed by atoms with Crippen LogP contribution in [0.25, 0.3) is 0 Å². The van der Waals surface area contributed by atoms with Crippen LogP contribution < -0.4 is 10.1 Å². The highest BCUT2D eigenvalue weighted by atomic mass is 32.2. The molecule has 0 aliphatic rings. The predicted molar refractivity (Wildman–Crippen MR) is 115 cm³/mol. The van der Waals surface area contributed by atoms with Crippen LogP contribution in [0.3, 0.4) is 0 Å². The van der Waals surface area contributed by atoms with Crippen molar-refractivity contribution >= 4 is 33.3 Å². The van der Waals surface area contributed by atoms with Gasteiger partial charge in [-0.3, -0.25) is 25.2 Å². The molecule has 0 aliphatic carbocycles. The molecule has 10 heteroatoms. The maximum atomic E-state index is 12.7. The number of benzene rings is 2. The Kier molecular flexibility index (Phi) is 6.07. The third-order valence-corrected chi connectivity index (χ3v) is 5.54. The van der Waals surface area contributed by atoms with E-state index in [2.05, 4.69) is 20.2 Å². The minimum atomic E-state index is -4.02. The highest BCUT2D eigenvalue weighted by Crippen LogP contribution is 2.29. The van der Waals surface area contributed by atoms with E-state index < -0.39 is 20.6 Å². The second-order valence-corrected chi connectivity index (χ2v) is 8.17. The maximum absolute atomic E-state index is 12.7. The van der Waals surface area contributed by atoms with Crippen molar-refractivity contribution in [3.05, 3.63) is 87.7 Å². The Labute approximate surface area is 173 Å². The van der Waals surface area contributed by atoms with Gasteiger partial charge in [-0.05, 0) is 49.7 Å². The summed E-state index contributed by atoms with van der Waals surface area (Å²) >= 11 is 0. The number of nitro benzene ring substituents is 1. The Bertz CT molecular complexity index is 1210. The SMILES string of the molecule is Cc1ccc(NS(=O)(=O)c2ccc(NN=Cc3ccccn3)c([N+](=O)[O-])c2)c(C)c1. The molecule has 1 aromatic heterocycles. The second-order valence-electron chi connectivity index (χ2n) is 6.48. The summed E-state index contributed by atoms with van der Waals surface area (Å²) in [6, 6.07) is 14.1. The van der Waals surface area contributed by atoms with E-state index in [1.165, 1.54) is 18.3 Å². The number of nitrogens with one attached hydrogen (secondary N) is 2. The fourth-order valence-corrected chi connectivity index (χ4v) is 3.83. The molecule has 2 aromatic carbocycles. The van der Waals surface area contributed by atoms with Crippen molar-refractivity contribution in [3.63, 3.8) is 0 Å². The molecule has 0 saturated heterocycles. The molecule has 0 saturated carbocycles. The van der Waals surface area contributed by atoms with Crippen molar-refractivity contribution in [1.82, 2.24) is 4.98 Å². The zero-order chi connectivity index (χ0) is 21.7. The monoisotopic (exact) mass is 425 g/mol. The lowest BCUT2D eigenvalue weighted by Crippen LogP contribution is -2.14. The van der Waals surface area contributed by atoms with Gasteiger partial charge in [0, 0.05) is 12.3 Å². The zero-order valence-corrected chi connectivity index (χ0v) is 17.1. The summed E-state index contributed by atoms with van der Waals surface area (Å²) in [5, 5.41) is 15.4. The third-order valence-electron chi connectivity index (χ3n) is 4.17. The first-order chi connectivity index (χ1) is 14.3. The summed E-state index contributed by atoms with van der Waals surface area (Å²) in [4.78, 5) is 14.6. The number of anilines is 2. The first-order valence-electron chi connectivity index (χ1n) is 8.85. The molecule has 30 heavy (non-hydrogen) atoms. The summed E-state index contributed by atoms with van der Waals surface area (Å²) < 4.78 is 27.9. The van der Waals surface area contributed by atoms with Gasteiger partial charge in [0.1, 0.15) is 5.69 Å². The van der Waals surface area contributed by atoms with Crippen LogP contribution in [0.5, 0.6) is 0 Å². The van der Waals surface area contributed by atoms with Crippen LogP contribution in [-0.2, 0) is 10.0 Å². The van der Waals surface area contributed by atoms with Crippen molar-refractivity contribution in [1.29, 1.82) is 0 Å². The van der Waals surface area contributed by atoms with Gasteiger partial charge < -0.3 is 0 Å². The number of nitrogens with zero attached hydrogens (tertiary/aromatic N) is 3. The molecule has 0 amide bonds.